The molecule has 14 heavy (non-hydrogen) atoms. The van der Waals surface area contributed by atoms with E-state index < -0.39 is 6.10 Å². The molecular weight excluding hydrogens is 200 g/mol. The van der Waals surface area contributed by atoms with Crippen LogP contribution >= 0.6 is 11.6 Å². The number of nitriles is 1. The molecule has 0 fully saturated rings. The minimum atomic E-state index is -0.524. The zero-order valence-corrected chi connectivity index (χ0v) is 8.25. The van der Waals surface area contributed by atoms with Gasteiger partial charge < -0.3 is 5.11 Å². The Morgan fingerprint density at radius 2 is 2.43 bits per heavy atom. The number of hydrogen-bond donors (Lipinski definition) is 1. The molecule has 0 spiro atoms. The van der Waals surface area contributed by atoms with Gasteiger partial charge in [-0.15, -0.1) is 0 Å². The average molecular weight is 209 g/mol. The first-order chi connectivity index (χ1) is 6.72. The summed E-state index contributed by atoms with van der Waals surface area (Å²) in [6.07, 6.45) is 2.00. The molecule has 0 saturated carbocycles. The summed E-state index contributed by atoms with van der Waals surface area (Å²) in [7, 11) is 0. The van der Waals surface area contributed by atoms with Crippen LogP contribution in [-0.4, -0.2) is 10.1 Å². The molecule has 2 rings (SSSR count). The largest absolute Gasteiger partial charge is 0.387 e. The van der Waals surface area contributed by atoms with E-state index in [0.717, 1.165) is 24.8 Å². The van der Waals surface area contributed by atoms with Crippen molar-refractivity contribution in [2.45, 2.75) is 25.4 Å². The molecule has 1 aliphatic carbocycles. The fourth-order valence-electron chi connectivity index (χ4n) is 1.74. The number of aromatic nitrogens is 1. The van der Waals surface area contributed by atoms with Crippen molar-refractivity contribution in [1.29, 1.82) is 5.26 Å². The normalized spacial score (nSPS) is 19.9. The van der Waals surface area contributed by atoms with Gasteiger partial charge >= 0.3 is 0 Å². The smallest absolute Gasteiger partial charge is 0.147 e. The van der Waals surface area contributed by atoms with E-state index in [-0.39, 0.29) is 5.15 Å². The molecule has 1 aromatic heterocycles. The van der Waals surface area contributed by atoms with E-state index in [9.17, 15) is 5.11 Å². The van der Waals surface area contributed by atoms with Crippen LogP contribution in [0.5, 0.6) is 0 Å². The summed E-state index contributed by atoms with van der Waals surface area (Å²) in [5.41, 5.74) is 1.98. The van der Waals surface area contributed by atoms with E-state index >= 15 is 0 Å². The van der Waals surface area contributed by atoms with Crippen LogP contribution in [-0.2, 0) is 6.42 Å². The quantitative estimate of drug-likeness (QED) is 0.664. The summed E-state index contributed by atoms with van der Waals surface area (Å²) in [4.78, 5) is 4.06. The number of hydrogen-bond acceptors (Lipinski definition) is 3. The van der Waals surface area contributed by atoms with Gasteiger partial charge in [0.15, 0.2) is 0 Å². The van der Waals surface area contributed by atoms with Gasteiger partial charge in [0.25, 0.3) is 0 Å². The highest BCUT2D eigenvalue weighted by atomic mass is 35.5. The molecule has 1 heterocycles. The second-order valence-electron chi connectivity index (χ2n) is 3.39. The second kappa shape index (κ2) is 3.56. The second-order valence-corrected chi connectivity index (χ2v) is 3.75. The lowest BCUT2D eigenvalue weighted by molar-refractivity contribution is 0.151. The molecule has 72 valence electrons. The molecule has 3 nitrogen and oxygen atoms in total. The molecule has 4 heteroatoms. The molecule has 0 amide bonds. The first kappa shape index (κ1) is 9.45. The topological polar surface area (TPSA) is 56.9 Å². The van der Waals surface area contributed by atoms with Crippen LogP contribution < -0.4 is 0 Å². The van der Waals surface area contributed by atoms with Gasteiger partial charge in [-0.1, -0.05) is 11.6 Å². The molecule has 1 atom stereocenters. The maximum atomic E-state index is 9.65. The van der Waals surface area contributed by atoms with Gasteiger partial charge in [0.1, 0.15) is 11.2 Å². The van der Waals surface area contributed by atoms with E-state index in [1.165, 1.54) is 0 Å². The van der Waals surface area contributed by atoms with Crippen molar-refractivity contribution < 1.29 is 5.11 Å². The highest BCUT2D eigenvalue weighted by Gasteiger charge is 2.21. The van der Waals surface area contributed by atoms with Crippen LogP contribution in [0, 0.1) is 11.3 Å². The van der Waals surface area contributed by atoms with Crippen LogP contribution in [0.2, 0.25) is 5.15 Å². The van der Waals surface area contributed by atoms with Crippen molar-refractivity contribution in [2.24, 2.45) is 0 Å². The Kier molecular flexibility index (Phi) is 2.40. The molecule has 0 aliphatic heterocycles. The Labute approximate surface area is 87.0 Å². The third kappa shape index (κ3) is 1.47. The zero-order chi connectivity index (χ0) is 10.1. The average Bonchev–Trinajstić information content (AvgIpc) is 2.19. The van der Waals surface area contributed by atoms with Crippen LogP contribution in [0.15, 0.2) is 6.07 Å². The molecular formula is C10H9ClN2O. The van der Waals surface area contributed by atoms with Crippen molar-refractivity contribution >= 4 is 11.6 Å². The van der Waals surface area contributed by atoms with Crippen molar-refractivity contribution in [3.63, 3.8) is 0 Å². The molecule has 0 radical (unpaired) electrons. The van der Waals surface area contributed by atoms with E-state index in [0.29, 0.717) is 11.3 Å². The predicted octanol–water partition coefficient (Wildman–Crippen LogP) is 1.98. The van der Waals surface area contributed by atoms with Crippen molar-refractivity contribution in [3.05, 3.63) is 28.0 Å². The number of pyridine rings is 1. The fourth-order valence-corrected chi connectivity index (χ4v) is 1.92. The van der Waals surface area contributed by atoms with Crippen molar-refractivity contribution in [3.8, 4) is 6.07 Å². The molecule has 0 saturated heterocycles. The Morgan fingerprint density at radius 3 is 3.14 bits per heavy atom. The lowest BCUT2D eigenvalue weighted by Crippen LogP contribution is -2.12. The summed E-state index contributed by atoms with van der Waals surface area (Å²) >= 11 is 5.78. The van der Waals surface area contributed by atoms with Gasteiger partial charge in [-0.05, 0) is 30.9 Å². The summed E-state index contributed by atoms with van der Waals surface area (Å²) in [6, 6.07) is 3.71. The minimum Gasteiger partial charge on any atom is -0.387 e. The summed E-state index contributed by atoms with van der Waals surface area (Å²) in [5.74, 6) is 0. The van der Waals surface area contributed by atoms with E-state index in [1.807, 2.05) is 6.07 Å². The maximum absolute atomic E-state index is 9.65. The zero-order valence-electron chi connectivity index (χ0n) is 7.50. The summed E-state index contributed by atoms with van der Waals surface area (Å²) < 4.78 is 0. The van der Waals surface area contributed by atoms with Gasteiger partial charge in [0, 0.05) is 0 Å². The van der Waals surface area contributed by atoms with Crippen molar-refractivity contribution in [1.82, 2.24) is 4.98 Å². The van der Waals surface area contributed by atoms with Crippen LogP contribution in [0.4, 0.5) is 0 Å². The first-order valence-corrected chi connectivity index (χ1v) is 4.87. The van der Waals surface area contributed by atoms with Crippen LogP contribution in [0.25, 0.3) is 0 Å². The molecule has 1 N–H and O–H groups in total. The van der Waals surface area contributed by atoms with Gasteiger partial charge in [-0.2, -0.15) is 5.26 Å². The van der Waals surface area contributed by atoms with Gasteiger partial charge in [-0.3, -0.25) is 0 Å². The first-order valence-electron chi connectivity index (χ1n) is 4.50. The Morgan fingerprint density at radius 1 is 1.64 bits per heavy atom. The molecule has 1 aromatic rings. The number of halogens is 1. The number of aryl methyl sites for hydroxylation is 1. The van der Waals surface area contributed by atoms with Gasteiger partial charge in [0.05, 0.1) is 17.4 Å². The molecule has 0 aromatic carbocycles. The number of nitrogens with zero attached hydrogens (tertiary/aromatic N) is 2. The van der Waals surface area contributed by atoms with Gasteiger partial charge in [0.2, 0.25) is 0 Å². The van der Waals surface area contributed by atoms with Gasteiger partial charge in [-0.25, -0.2) is 4.98 Å². The molecule has 1 aliphatic rings. The standard InChI is InChI=1S/C10H9ClN2O/c11-10-7(5-12)4-6-2-1-3-8(14)9(6)13-10/h4,8,14H,1-3H2. The number of rotatable bonds is 0. The Hall–Kier alpha value is -1.11. The highest BCUT2D eigenvalue weighted by Crippen LogP contribution is 2.30. The summed E-state index contributed by atoms with van der Waals surface area (Å²) in [5, 5.41) is 18.6. The summed E-state index contributed by atoms with van der Waals surface area (Å²) in [6.45, 7) is 0. The number of fused-ring (bicyclic) bond motifs is 1. The fraction of sp³-hybridized carbons (Fsp3) is 0.400. The third-order valence-electron chi connectivity index (χ3n) is 2.45. The number of aliphatic hydroxyl groups is 1. The Bertz CT molecular complexity index is 411. The lowest BCUT2D eigenvalue weighted by atomic mass is 9.93. The Balaban J connectivity index is 2.55. The highest BCUT2D eigenvalue weighted by molar-refractivity contribution is 6.30. The van der Waals surface area contributed by atoms with Crippen LogP contribution in [0.1, 0.15) is 35.8 Å². The lowest BCUT2D eigenvalue weighted by Gasteiger charge is -2.20. The molecule has 0 bridgehead atoms. The predicted molar refractivity (Wildman–Crippen MR) is 51.9 cm³/mol. The van der Waals surface area contributed by atoms with E-state index in [1.54, 1.807) is 6.07 Å². The third-order valence-corrected chi connectivity index (χ3v) is 2.74. The SMILES string of the molecule is N#Cc1cc2c(nc1Cl)C(O)CCC2. The monoisotopic (exact) mass is 208 g/mol. The molecule has 1 unspecified atom stereocenters. The van der Waals surface area contributed by atoms with E-state index in [4.69, 9.17) is 16.9 Å². The van der Waals surface area contributed by atoms with Crippen LogP contribution in [0.3, 0.4) is 0 Å². The minimum absolute atomic E-state index is 0.187. The number of aliphatic hydroxyl groups excluding tert-OH is 1. The van der Waals surface area contributed by atoms with E-state index in [2.05, 4.69) is 4.98 Å². The maximum Gasteiger partial charge on any atom is 0.147 e. The van der Waals surface area contributed by atoms with Crippen molar-refractivity contribution in [2.75, 3.05) is 0 Å².